The Bertz CT molecular complexity index is 635. The van der Waals surface area contributed by atoms with Gasteiger partial charge >= 0.3 is 0 Å². The Morgan fingerprint density at radius 1 is 1.20 bits per heavy atom. The van der Waals surface area contributed by atoms with Gasteiger partial charge in [0.25, 0.3) is 0 Å². The second kappa shape index (κ2) is 9.22. The first-order valence-electron chi connectivity index (χ1n) is 8.64. The van der Waals surface area contributed by atoms with Gasteiger partial charge in [-0.1, -0.05) is 18.2 Å². The van der Waals surface area contributed by atoms with Gasteiger partial charge in [0.15, 0.2) is 0 Å². The molecule has 0 bridgehead atoms. The van der Waals surface area contributed by atoms with Crippen LogP contribution in [0.3, 0.4) is 0 Å². The first-order valence-corrected chi connectivity index (χ1v) is 8.64. The highest BCUT2D eigenvalue weighted by molar-refractivity contribution is 5.95. The van der Waals surface area contributed by atoms with Crippen LogP contribution in [0.25, 0.3) is 5.57 Å². The molecule has 0 aromatic heterocycles. The Kier molecular flexibility index (Phi) is 7.01. The third-order valence-electron chi connectivity index (χ3n) is 4.30. The van der Waals surface area contributed by atoms with E-state index < -0.39 is 0 Å². The molecule has 0 atom stereocenters. The number of hydrogen-bond acceptors (Lipinski definition) is 4. The molecule has 0 saturated carbocycles. The van der Waals surface area contributed by atoms with Crippen molar-refractivity contribution in [3.8, 4) is 5.75 Å². The molecule has 1 saturated heterocycles. The van der Waals surface area contributed by atoms with E-state index in [1.807, 2.05) is 43.0 Å². The van der Waals surface area contributed by atoms with Gasteiger partial charge in [-0.2, -0.15) is 0 Å². The Morgan fingerprint density at radius 3 is 2.52 bits per heavy atom. The normalized spacial score (nSPS) is 15.8. The predicted octanol–water partition coefficient (Wildman–Crippen LogP) is 1.38. The zero-order valence-corrected chi connectivity index (χ0v) is 15.2. The third kappa shape index (κ3) is 5.32. The highest BCUT2D eigenvalue weighted by Crippen LogP contribution is 2.25. The zero-order valence-electron chi connectivity index (χ0n) is 15.2. The molecule has 1 aliphatic rings. The molecule has 6 nitrogen and oxygen atoms in total. The van der Waals surface area contributed by atoms with Gasteiger partial charge in [-0.3, -0.25) is 14.5 Å². The van der Waals surface area contributed by atoms with Crippen LogP contribution in [0.1, 0.15) is 19.4 Å². The summed E-state index contributed by atoms with van der Waals surface area (Å²) in [6.45, 7) is 7.55. The van der Waals surface area contributed by atoms with Crippen molar-refractivity contribution in [2.45, 2.75) is 13.8 Å². The summed E-state index contributed by atoms with van der Waals surface area (Å²) in [7, 11) is 1.63. The molecule has 1 fully saturated rings. The van der Waals surface area contributed by atoms with Crippen LogP contribution in [0.4, 0.5) is 0 Å². The average molecular weight is 345 g/mol. The fourth-order valence-corrected chi connectivity index (χ4v) is 2.91. The third-order valence-corrected chi connectivity index (χ3v) is 4.30. The summed E-state index contributed by atoms with van der Waals surface area (Å²) in [6, 6.07) is 7.67. The van der Waals surface area contributed by atoms with Crippen LogP contribution in [-0.4, -0.2) is 68.0 Å². The van der Waals surface area contributed by atoms with Crippen LogP contribution in [0.5, 0.6) is 5.75 Å². The zero-order chi connectivity index (χ0) is 18.2. The molecule has 1 aliphatic heterocycles. The Hall–Kier alpha value is -2.34. The molecule has 1 heterocycles. The number of para-hydroxylation sites is 1. The largest absolute Gasteiger partial charge is 0.496 e. The molecule has 0 aliphatic carbocycles. The van der Waals surface area contributed by atoms with Crippen LogP contribution in [0.15, 0.2) is 30.3 Å². The van der Waals surface area contributed by atoms with Gasteiger partial charge in [-0.15, -0.1) is 0 Å². The lowest BCUT2D eigenvalue weighted by atomic mass is 10.1. The molecule has 2 rings (SSSR count). The van der Waals surface area contributed by atoms with Crippen molar-refractivity contribution in [2.24, 2.45) is 0 Å². The van der Waals surface area contributed by atoms with E-state index in [2.05, 4.69) is 10.2 Å². The summed E-state index contributed by atoms with van der Waals surface area (Å²) in [5.41, 5.74) is 1.81. The van der Waals surface area contributed by atoms with E-state index in [1.54, 1.807) is 13.2 Å². The molecule has 136 valence electrons. The predicted molar refractivity (Wildman–Crippen MR) is 98.3 cm³/mol. The topological polar surface area (TPSA) is 61.9 Å². The Balaban J connectivity index is 1.93. The van der Waals surface area contributed by atoms with E-state index in [1.165, 1.54) is 0 Å². The monoisotopic (exact) mass is 345 g/mol. The van der Waals surface area contributed by atoms with Crippen molar-refractivity contribution in [1.29, 1.82) is 0 Å². The first kappa shape index (κ1) is 19.0. The van der Waals surface area contributed by atoms with E-state index in [0.717, 1.165) is 16.9 Å². The highest BCUT2D eigenvalue weighted by Gasteiger charge is 2.21. The molecule has 25 heavy (non-hydrogen) atoms. The molecule has 6 heteroatoms. The summed E-state index contributed by atoms with van der Waals surface area (Å²) in [5.74, 6) is 0.797. The van der Waals surface area contributed by atoms with Crippen LogP contribution < -0.4 is 10.1 Å². The van der Waals surface area contributed by atoms with Gasteiger partial charge in [0.2, 0.25) is 11.8 Å². The van der Waals surface area contributed by atoms with Crippen molar-refractivity contribution in [3.05, 3.63) is 35.9 Å². The second-order valence-corrected chi connectivity index (χ2v) is 6.08. The number of ether oxygens (including phenoxy) is 1. The van der Waals surface area contributed by atoms with Crippen LogP contribution in [0.2, 0.25) is 0 Å². The number of benzene rings is 1. The smallest absolute Gasteiger partial charge is 0.246 e. The van der Waals surface area contributed by atoms with Gasteiger partial charge in [0, 0.05) is 44.4 Å². The number of allylic oxidation sites excluding steroid dienone is 1. The van der Waals surface area contributed by atoms with Gasteiger partial charge in [-0.05, 0) is 25.5 Å². The summed E-state index contributed by atoms with van der Waals surface area (Å²) < 4.78 is 5.35. The number of carbonyl (C=O) groups excluding carboxylic acids is 2. The van der Waals surface area contributed by atoms with Crippen molar-refractivity contribution >= 4 is 17.4 Å². The molecule has 1 aromatic carbocycles. The Labute approximate surface area is 149 Å². The van der Waals surface area contributed by atoms with Crippen molar-refractivity contribution < 1.29 is 14.3 Å². The van der Waals surface area contributed by atoms with Gasteiger partial charge in [0.1, 0.15) is 5.75 Å². The van der Waals surface area contributed by atoms with Gasteiger partial charge in [-0.25, -0.2) is 0 Å². The van der Waals surface area contributed by atoms with Crippen molar-refractivity contribution in [2.75, 3.05) is 46.4 Å². The number of methoxy groups -OCH3 is 1. The maximum Gasteiger partial charge on any atom is 0.246 e. The summed E-state index contributed by atoms with van der Waals surface area (Å²) in [5, 5.41) is 2.80. The summed E-state index contributed by atoms with van der Waals surface area (Å²) >= 11 is 0. The highest BCUT2D eigenvalue weighted by atomic mass is 16.5. The summed E-state index contributed by atoms with van der Waals surface area (Å²) in [4.78, 5) is 28.1. The average Bonchev–Trinajstić information content (AvgIpc) is 2.62. The Morgan fingerprint density at radius 2 is 1.88 bits per heavy atom. The molecule has 0 unspecified atom stereocenters. The molecule has 0 radical (unpaired) electrons. The molecule has 1 aromatic rings. The fraction of sp³-hybridized carbons (Fsp3) is 0.474. The van der Waals surface area contributed by atoms with E-state index >= 15 is 0 Å². The standard InChI is InChI=1S/C19H27N3O3/c1-4-20-18(23)14-21-9-11-22(12-10-21)19(24)13-15(2)16-7-5-6-8-17(16)25-3/h5-8,13H,4,9-12,14H2,1-3H3,(H,20,23)/b15-13+. The maximum atomic E-state index is 12.5. The van der Waals surface area contributed by atoms with Crippen LogP contribution in [0, 0.1) is 0 Å². The van der Waals surface area contributed by atoms with Crippen molar-refractivity contribution in [3.63, 3.8) is 0 Å². The molecule has 1 N–H and O–H groups in total. The van der Waals surface area contributed by atoms with E-state index in [9.17, 15) is 9.59 Å². The second-order valence-electron chi connectivity index (χ2n) is 6.08. The minimum atomic E-state index is 0.000987. The lowest BCUT2D eigenvalue weighted by molar-refractivity contribution is -0.128. The minimum Gasteiger partial charge on any atom is -0.496 e. The minimum absolute atomic E-state index is 0.000987. The van der Waals surface area contributed by atoms with Crippen LogP contribution >= 0.6 is 0 Å². The first-order chi connectivity index (χ1) is 12.0. The maximum absolute atomic E-state index is 12.5. The number of piperazine rings is 1. The lowest BCUT2D eigenvalue weighted by Gasteiger charge is -2.33. The number of rotatable bonds is 6. The molecular weight excluding hydrogens is 318 g/mol. The van der Waals surface area contributed by atoms with E-state index in [0.29, 0.717) is 39.3 Å². The number of likely N-dealkylation sites (N-methyl/N-ethyl adjacent to an activating group) is 1. The van der Waals surface area contributed by atoms with Gasteiger partial charge < -0.3 is 15.0 Å². The number of nitrogens with zero attached hydrogens (tertiary/aromatic N) is 2. The van der Waals surface area contributed by atoms with Crippen LogP contribution in [-0.2, 0) is 9.59 Å². The number of hydrogen-bond donors (Lipinski definition) is 1. The molecule has 0 spiro atoms. The number of carbonyl (C=O) groups is 2. The van der Waals surface area contributed by atoms with Gasteiger partial charge in [0.05, 0.1) is 13.7 Å². The number of amides is 2. The number of nitrogens with one attached hydrogen (secondary N) is 1. The molecule has 2 amide bonds. The summed E-state index contributed by atoms with van der Waals surface area (Å²) in [6.07, 6.45) is 1.66. The lowest BCUT2D eigenvalue weighted by Crippen LogP contribution is -2.50. The molecular formula is C19H27N3O3. The quantitative estimate of drug-likeness (QED) is 0.791. The SMILES string of the molecule is CCNC(=O)CN1CCN(C(=O)/C=C(\C)c2ccccc2OC)CC1. The van der Waals surface area contributed by atoms with E-state index in [4.69, 9.17) is 4.74 Å². The van der Waals surface area contributed by atoms with Crippen molar-refractivity contribution in [1.82, 2.24) is 15.1 Å². The van der Waals surface area contributed by atoms with E-state index in [-0.39, 0.29) is 11.8 Å². The fourth-order valence-electron chi connectivity index (χ4n) is 2.91.